The summed E-state index contributed by atoms with van der Waals surface area (Å²) in [6.45, 7) is 3.68. The van der Waals surface area contributed by atoms with E-state index in [1.54, 1.807) is 17.5 Å². The molecular weight excluding hydrogens is 449 g/mol. The van der Waals surface area contributed by atoms with Crippen molar-refractivity contribution in [2.75, 3.05) is 13.1 Å². The van der Waals surface area contributed by atoms with E-state index in [1.807, 2.05) is 31.2 Å². The number of fused-ring (bicyclic) bond motifs is 1. The van der Waals surface area contributed by atoms with Crippen LogP contribution in [-0.4, -0.2) is 34.4 Å². The number of aromatic nitrogens is 2. The van der Waals surface area contributed by atoms with Gasteiger partial charge in [-0.2, -0.15) is 5.10 Å². The van der Waals surface area contributed by atoms with Gasteiger partial charge in [0.05, 0.1) is 12.2 Å². The Bertz CT molecular complexity index is 769. The number of aliphatic hydroxyl groups is 1. The van der Waals surface area contributed by atoms with Crippen molar-refractivity contribution in [3.63, 3.8) is 0 Å². The molecule has 6 nitrogen and oxygen atoms in total. The van der Waals surface area contributed by atoms with Crippen LogP contribution in [0.2, 0.25) is 0 Å². The predicted molar refractivity (Wildman–Crippen MR) is 114 cm³/mol. The van der Waals surface area contributed by atoms with Crippen molar-refractivity contribution < 1.29 is 5.11 Å². The van der Waals surface area contributed by atoms with Gasteiger partial charge in [-0.1, -0.05) is 18.2 Å². The van der Waals surface area contributed by atoms with Gasteiger partial charge >= 0.3 is 0 Å². The highest BCUT2D eigenvalue weighted by Gasteiger charge is 2.12. The van der Waals surface area contributed by atoms with E-state index in [4.69, 9.17) is 0 Å². The highest BCUT2D eigenvalue weighted by Crippen LogP contribution is 2.29. The first kappa shape index (κ1) is 19.7. The Morgan fingerprint density at radius 1 is 1.32 bits per heavy atom. The van der Waals surface area contributed by atoms with Crippen molar-refractivity contribution in [2.45, 2.75) is 19.6 Å². The predicted octanol–water partition coefficient (Wildman–Crippen LogP) is 3.03. The van der Waals surface area contributed by atoms with E-state index in [2.05, 4.69) is 38.0 Å². The standard InChI is InChI=1S/C17H21N5OS.HI/c1-2-18-17(19-10-13-7-8-21-22-13)20-11-14(23)16-9-12-5-3-4-6-15(12)24-16;/h3-9,14,23H,2,10-11H2,1H3,(H,21,22)(H2,18,19,20);1H. The third-order valence-electron chi connectivity index (χ3n) is 3.55. The number of nitrogens with zero attached hydrogens (tertiary/aromatic N) is 2. The van der Waals surface area contributed by atoms with Gasteiger partial charge in [0.2, 0.25) is 0 Å². The zero-order chi connectivity index (χ0) is 16.8. The summed E-state index contributed by atoms with van der Waals surface area (Å²) in [5.41, 5.74) is 0.942. The molecule has 3 aromatic rings. The maximum atomic E-state index is 10.4. The number of hydrogen-bond donors (Lipinski definition) is 4. The number of nitrogens with one attached hydrogen (secondary N) is 3. The van der Waals surface area contributed by atoms with E-state index in [0.717, 1.165) is 22.5 Å². The lowest BCUT2D eigenvalue weighted by Crippen LogP contribution is -2.39. The van der Waals surface area contributed by atoms with Crippen molar-refractivity contribution >= 4 is 51.4 Å². The summed E-state index contributed by atoms with van der Waals surface area (Å²) in [4.78, 5) is 5.43. The number of aromatic amines is 1. The molecule has 0 saturated carbocycles. The summed E-state index contributed by atoms with van der Waals surface area (Å²) >= 11 is 1.62. The first-order valence-electron chi connectivity index (χ1n) is 7.93. The summed E-state index contributed by atoms with van der Waals surface area (Å²) in [7, 11) is 0. The third kappa shape index (κ3) is 5.41. The van der Waals surface area contributed by atoms with Crippen LogP contribution in [0.15, 0.2) is 47.6 Å². The van der Waals surface area contributed by atoms with Crippen molar-refractivity contribution in [2.24, 2.45) is 4.99 Å². The Labute approximate surface area is 167 Å². The van der Waals surface area contributed by atoms with Crippen LogP contribution in [0.25, 0.3) is 10.1 Å². The second-order valence-electron chi connectivity index (χ2n) is 5.36. The van der Waals surface area contributed by atoms with Gasteiger partial charge < -0.3 is 15.7 Å². The second-order valence-corrected chi connectivity index (χ2v) is 6.48. The lowest BCUT2D eigenvalue weighted by Gasteiger charge is -2.14. The molecule has 0 radical (unpaired) electrons. The summed E-state index contributed by atoms with van der Waals surface area (Å²) in [5, 5.41) is 24.8. The zero-order valence-electron chi connectivity index (χ0n) is 13.9. The largest absolute Gasteiger partial charge is 0.386 e. The van der Waals surface area contributed by atoms with Gasteiger partial charge in [0, 0.05) is 28.9 Å². The number of aliphatic imine (C=N–C) groups is 1. The maximum absolute atomic E-state index is 10.4. The van der Waals surface area contributed by atoms with Crippen molar-refractivity contribution in [1.29, 1.82) is 0 Å². The van der Waals surface area contributed by atoms with Gasteiger partial charge in [-0.25, -0.2) is 4.99 Å². The summed E-state index contributed by atoms with van der Waals surface area (Å²) in [5.74, 6) is 0.673. The average Bonchev–Trinajstić information content (AvgIpc) is 3.26. The molecular formula is C17H22IN5OS. The first-order chi connectivity index (χ1) is 11.8. The normalized spacial score (nSPS) is 12.6. The van der Waals surface area contributed by atoms with E-state index in [1.165, 1.54) is 4.70 Å². The molecule has 0 spiro atoms. The fourth-order valence-electron chi connectivity index (χ4n) is 2.34. The van der Waals surface area contributed by atoms with E-state index in [9.17, 15) is 5.11 Å². The van der Waals surface area contributed by atoms with Crippen LogP contribution in [0.1, 0.15) is 23.6 Å². The first-order valence-corrected chi connectivity index (χ1v) is 8.75. The van der Waals surface area contributed by atoms with Crippen LogP contribution >= 0.6 is 35.3 Å². The molecule has 0 bridgehead atoms. The Morgan fingerprint density at radius 3 is 2.88 bits per heavy atom. The lowest BCUT2D eigenvalue weighted by atomic mass is 10.2. The molecule has 1 atom stereocenters. The van der Waals surface area contributed by atoms with Crippen molar-refractivity contribution in [3.8, 4) is 0 Å². The van der Waals surface area contributed by atoms with Crippen LogP contribution in [0.5, 0.6) is 0 Å². The summed E-state index contributed by atoms with van der Waals surface area (Å²) in [6, 6.07) is 12.1. The fraction of sp³-hybridized carbons (Fsp3) is 0.294. The smallest absolute Gasteiger partial charge is 0.191 e. The third-order valence-corrected chi connectivity index (χ3v) is 4.76. The topological polar surface area (TPSA) is 85.3 Å². The molecule has 25 heavy (non-hydrogen) atoms. The molecule has 4 N–H and O–H groups in total. The quantitative estimate of drug-likeness (QED) is 0.253. The molecule has 0 saturated heterocycles. The molecule has 0 aliphatic carbocycles. The van der Waals surface area contributed by atoms with Crippen LogP contribution in [0.3, 0.4) is 0 Å². The van der Waals surface area contributed by atoms with Crippen LogP contribution in [-0.2, 0) is 6.54 Å². The number of halogens is 1. The summed E-state index contributed by atoms with van der Waals surface area (Å²) < 4.78 is 1.19. The lowest BCUT2D eigenvalue weighted by molar-refractivity contribution is 0.184. The molecule has 0 aliphatic rings. The summed E-state index contributed by atoms with van der Waals surface area (Å²) in [6.07, 6.45) is 1.13. The van der Waals surface area contributed by atoms with Crippen LogP contribution in [0.4, 0.5) is 0 Å². The molecule has 2 aromatic heterocycles. The maximum Gasteiger partial charge on any atom is 0.191 e. The second kappa shape index (κ2) is 9.73. The van der Waals surface area contributed by atoms with Gasteiger partial charge in [-0.3, -0.25) is 5.10 Å². The Kier molecular flexibility index (Phi) is 7.66. The molecule has 1 unspecified atom stereocenters. The number of hydrogen-bond acceptors (Lipinski definition) is 4. The number of aliphatic hydroxyl groups excluding tert-OH is 1. The fourth-order valence-corrected chi connectivity index (χ4v) is 3.39. The minimum absolute atomic E-state index is 0. The SMILES string of the molecule is CCNC(=NCc1ccn[nH]1)NCC(O)c1cc2ccccc2s1.I. The molecule has 8 heteroatoms. The monoisotopic (exact) mass is 471 g/mol. The van der Waals surface area contributed by atoms with E-state index in [0.29, 0.717) is 19.0 Å². The number of guanidine groups is 1. The van der Waals surface area contributed by atoms with Gasteiger partial charge in [0.25, 0.3) is 0 Å². The average molecular weight is 471 g/mol. The molecule has 1 aromatic carbocycles. The minimum Gasteiger partial charge on any atom is -0.386 e. The minimum atomic E-state index is -0.571. The van der Waals surface area contributed by atoms with Gasteiger partial charge in [0.15, 0.2) is 5.96 Å². The Balaban J connectivity index is 0.00000225. The van der Waals surface area contributed by atoms with Gasteiger partial charge in [0.1, 0.15) is 6.10 Å². The number of thiophene rings is 1. The zero-order valence-corrected chi connectivity index (χ0v) is 17.0. The van der Waals surface area contributed by atoms with Crippen LogP contribution < -0.4 is 10.6 Å². The number of benzene rings is 1. The molecule has 134 valence electrons. The molecule has 0 aliphatic heterocycles. The number of rotatable bonds is 6. The highest BCUT2D eigenvalue weighted by molar-refractivity contribution is 14.0. The van der Waals surface area contributed by atoms with Crippen molar-refractivity contribution in [1.82, 2.24) is 20.8 Å². The molecule has 3 rings (SSSR count). The van der Waals surface area contributed by atoms with E-state index < -0.39 is 6.10 Å². The molecule has 0 amide bonds. The molecule has 0 fully saturated rings. The Hall–Kier alpha value is -1.65. The van der Waals surface area contributed by atoms with E-state index >= 15 is 0 Å². The number of H-pyrrole nitrogens is 1. The van der Waals surface area contributed by atoms with Gasteiger partial charge in [-0.15, -0.1) is 35.3 Å². The highest BCUT2D eigenvalue weighted by atomic mass is 127. The van der Waals surface area contributed by atoms with Crippen LogP contribution in [0, 0.1) is 0 Å². The van der Waals surface area contributed by atoms with Gasteiger partial charge in [-0.05, 0) is 30.5 Å². The van der Waals surface area contributed by atoms with E-state index in [-0.39, 0.29) is 24.0 Å². The Morgan fingerprint density at radius 2 is 2.16 bits per heavy atom. The van der Waals surface area contributed by atoms with Crippen molar-refractivity contribution in [3.05, 3.63) is 53.2 Å². The molecule has 2 heterocycles.